The number of piperazine rings is 1. The highest BCUT2D eigenvalue weighted by atomic mass is 15.4. The minimum atomic E-state index is 0.679. The molecule has 1 fully saturated rings. The highest BCUT2D eigenvalue weighted by Gasteiger charge is 2.28. The average Bonchev–Trinajstić information content (AvgIpc) is 1.54. The van der Waals surface area contributed by atoms with Gasteiger partial charge in [0.2, 0.25) is 0 Å². The molecule has 0 radical (unpaired) electrons. The van der Waals surface area contributed by atoms with Crippen LogP contribution in [0.5, 0.6) is 0 Å². The number of likely N-dealkylation sites (N-methyl/N-ethyl adjacent to an activating group) is 1. The van der Waals surface area contributed by atoms with Crippen LogP contribution in [0.4, 0.5) is 0 Å². The van der Waals surface area contributed by atoms with Crippen molar-refractivity contribution >= 4 is 0 Å². The van der Waals surface area contributed by atoms with Crippen LogP contribution in [0.25, 0.3) is 0 Å². The molecule has 0 amide bonds. The molecule has 1 heterocycles. The molecule has 10 heavy (non-hydrogen) atoms. The number of rotatable bonds is 0. The second-order valence-corrected chi connectivity index (χ2v) is 4.27. The summed E-state index contributed by atoms with van der Waals surface area (Å²) in [6.45, 7) is 7.03. The lowest BCUT2D eigenvalue weighted by molar-refractivity contribution is -0.897. The second-order valence-electron chi connectivity index (χ2n) is 4.27. The summed E-state index contributed by atoms with van der Waals surface area (Å²) < 4.78 is 1.16. The van der Waals surface area contributed by atoms with Crippen LogP contribution < -0.4 is 5.32 Å². The van der Waals surface area contributed by atoms with Gasteiger partial charge in [-0.3, -0.25) is 0 Å². The summed E-state index contributed by atoms with van der Waals surface area (Å²) in [6, 6.07) is 1.36. The number of quaternary nitrogens is 1. The van der Waals surface area contributed by atoms with Crippen LogP contribution in [-0.4, -0.2) is 43.8 Å². The summed E-state index contributed by atoms with van der Waals surface area (Å²) in [6.07, 6.45) is 0. The third-order valence-corrected chi connectivity index (χ3v) is 2.11. The third-order valence-electron chi connectivity index (χ3n) is 2.11. The Morgan fingerprint density at radius 3 is 1.80 bits per heavy atom. The van der Waals surface area contributed by atoms with E-state index in [1.165, 1.54) is 13.1 Å². The predicted molar refractivity (Wildman–Crippen MR) is 43.9 cm³/mol. The van der Waals surface area contributed by atoms with Crippen LogP contribution in [0.3, 0.4) is 0 Å². The van der Waals surface area contributed by atoms with Gasteiger partial charge in [-0.15, -0.1) is 0 Å². The summed E-state index contributed by atoms with van der Waals surface area (Å²) in [5.41, 5.74) is 0. The van der Waals surface area contributed by atoms with Crippen molar-refractivity contribution in [1.82, 2.24) is 5.32 Å². The van der Waals surface area contributed by atoms with Crippen LogP contribution in [-0.2, 0) is 0 Å². The SMILES string of the molecule is CC1C[N+](C)(C)CC(C)N1. The quantitative estimate of drug-likeness (QED) is 0.485. The number of nitrogens with one attached hydrogen (secondary N) is 1. The maximum absolute atomic E-state index is 3.52. The fraction of sp³-hybridized carbons (Fsp3) is 1.00. The molecule has 0 aromatic rings. The normalized spacial score (nSPS) is 39.6. The molecule has 1 rings (SSSR count). The van der Waals surface area contributed by atoms with Crippen molar-refractivity contribution in [3.05, 3.63) is 0 Å². The predicted octanol–water partition coefficient (Wildman–Crippen LogP) is 0.443. The van der Waals surface area contributed by atoms with E-state index < -0.39 is 0 Å². The maximum Gasteiger partial charge on any atom is 0.0936 e. The van der Waals surface area contributed by atoms with Gasteiger partial charge in [0.05, 0.1) is 39.3 Å². The molecule has 2 atom stereocenters. The minimum absolute atomic E-state index is 0.679. The van der Waals surface area contributed by atoms with Crippen LogP contribution in [0.2, 0.25) is 0 Å². The standard InChI is InChI=1S/C8H19N2/c1-7-5-10(3,4)6-8(2)9-7/h7-9H,5-6H2,1-4H3/q+1. The van der Waals surface area contributed by atoms with Crippen molar-refractivity contribution < 1.29 is 4.48 Å². The Bertz CT molecular complexity index is 108. The lowest BCUT2D eigenvalue weighted by Gasteiger charge is -2.40. The summed E-state index contributed by atoms with van der Waals surface area (Å²) in [5, 5.41) is 3.52. The van der Waals surface area contributed by atoms with Gasteiger partial charge in [-0.1, -0.05) is 0 Å². The molecular formula is C8H19N2+. The molecule has 0 saturated carbocycles. The molecule has 0 aromatic carbocycles. The molecule has 0 aromatic heterocycles. The molecule has 2 heteroatoms. The third kappa shape index (κ3) is 1.96. The molecule has 0 bridgehead atoms. The van der Waals surface area contributed by atoms with E-state index in [1.807, 2.05) is 0 Å². The first-order valence-electron chi connectivity index (χ1n) is 4.08. The van der Waals surface area contributed by atoms with Crippen molar-refractivity contribution in [3.8, 4) is 0 Å². The van der Waals surface area contributed by atoms with E-state index in [9.17, 15) is 0 Å². The molecular weight excluding hydrogens is 124 g/mol. The Kier molecular flexibility index (Phi) is 2.02. The first kappa shape index (κ1) is 8.02. The monoisotopic (exact) mass is 143 g/mol. The molecule has 1 aliphatic heterocycles. The Morgan fingerprint density at radius 2 is 1.50 bits per heavy atom. The minimum Gasteiger partial charge on any atom is -0.326 e. The van der Waals surface area contributed by atoms with Crippen LogP contribution in [0.15, 0.2) is 0 Å². The Hall–Kier alpha value is -0.0800. The maximum atomic E-state index is 3.52. The van der Waals surface area contributed by atoms with Gasteiger partial charge in [0, 0.05) is 0 Å². The molecule has 1 aliphatic rings. The molecule has 0 spiro atoms. The lowest BCUT2D eigenvalue weighted by Crippen LogP contribution is -2.61. The van der Waals surface area contributed by atoms with Gasteiger partial charge in [-0.05, 0) is 13.8 Å². The van der Waals surface area contributed by atoms with E-state index in [-0.39, 0.29) is 0 Å². The number of nitrogens with zero attached hydrogens (tertiary/aromatic N) is 1. The largest absolute Gasteiger partial charge is 0.326 e. The number of hydrogen-bond acceptors (Lipinski definition) is 1. The van der Waals surface area contributed by atoms with Gasteiger partial charge in [0.15, 0.2) is 0 Å². The fourth-order valence-corrected chi connectivity index (χ4v) is 2.15. The zero-order chi connectivity index (χ0) is 7.78. The van der Waals surface area contributed by atoms with Crippen molar-refractivity contribution in [1.29, 1.82) is 0 Å². The van der Waals surface area contributed by atoms with Crippen LogP contribution in [0.1, 0.15) is 13.8 Å². The van der Waals surface area contributed by atoms with Gasteiger partial charge < -0.3 is 9.80 Å². The summed E-state index contributed by atoms with van der Waals surface area (Å²) in [4.78, 5) is 0. The van der Waals surface area contributed by atoms with E-state index in [2.05, 4.69) is 33.3 Å². The molecule has 0 aliphatic carbocycles. The van der Waals surface area contributed by atoms with E-state index in [1.54, 1.807) is 0 Å². The summed E-state index contributed by atoms with van der Waals surface area (Å²) in [7, 11) is 4.60. The van der Waals surface area contributed by atoms with Gasteiger partial charge in [-0.2, -0.15) is 0 Å². The smallest absolute Gasteiger partial charge is 0.0936 e. The molecule has 2 unspecified atom stereocenters. The zero-order valence-electron chi connectivity index (χ0n) is 7.52. The highest BCUT2D eigenvalue weighted by molar-refractivity contribution is 4.71. The first-order valence-corrected chi connectivity index (χ1v) is 4.08. The highest BCUT2D eigenvalue weighted by Crippen LogP contribution is 2.08. The van der Waals surface area contributed by atoms with E-state index >= 15 is 0 Å². The van der Waals surface area contributed by atoms with Crippen molar-refractivity contribution in [2.45, 2.75) is 25.9 Å². The van der Waals surface area contributed by atoms with Crippen molar-refractivity contribution in [2.24, 2.45) is 0 Å². The van der Waals surface area contributed by atoms with E-state index in [0.29, 0.717) is 12.1 Å². The first-order chi connectivity index (χ1) is 4.49. The zero-order valence-corrected chi connectivity index (χ0v) is 7.52. The molecule has 1 saturated heterocycles. The Balaban J connectivity index is 2.51. The van der Waals surface area contributed by atoms with E-state index in [0.717, 1.165) is 4.48 Å². The molecule has 60 valence electrons. The Labute approximate surface area is 63.8 Å². The van der Waals surface area contributed by atoms with Crippen molar-refractivity contribution in [3.63, 3.8) is 0 Å². The Morgan fingerprint density at radius 1 is 1.10 bits per heavy atom. The fourth-order valence-electron chi connectivity index (χ4n) is 2.15. The van der Waals surface area contributed by atoms with Crippen LogP contribution >= 0.6 is 0 Å². The van der Waals surface area contributed by atoms with Crippen molar-refractivity contribution in [2.75, 3.05) is 27.2 Å². The molecule has 2 nitrogen and oxygen atoms in total. The average molecular weight is 143 g/mol. The van der Waals surface area contributed by atoms with Crippen LogP contribution in [0, 0.1) is 0 Å². The summed E-state index contributed by atoms with van der Waals surface area (Å²) in [5.74, 6) is 0. The topological polar surface area (TPSA) is 12.0 Å². The van der Waals surface area contributed by atoms with E-state index in [4.69, 9.17) is 0 Å². The summed E-state index contributed by atoms with van der Waals surface area (Å²) >= 11 is 0. The van der Waals surface area contributed by atoms with Gasteiger partial charge in [0.1, 0.15) is 0 Å². The van der Waals surface area contributed by atoms with Gasteiger partial charge in [-0.25, -0.2) is 0 Å². The number of hydrogen-bond donors (Lipinski definition) is 1. The molecule has 1 N–H and O–H groups in total. The lowest BCUT2D eigenvalue weighted by atomic mass is 10.1. The van der Waals surface area contributed by atoms with Gasteiger partial charge in [0.25, 0.3) is 0 Å². The van der Waals surface area contributed by atoms with Gasteiger partial charge >= 0.3 is 0 Å². The second kappa shape index (κ2) is 2.51.